The molecule has 5 atom stereocenters. The molecule has 5 unspecified atom stereocenters. The van der Waals surface area contributed by atoms with E-state index in [2.05, 4.69) is 9.47 Å². The fraction of sp³-hybridized carbons (Fsp3) is 0.750. The van der Waals surface area contributed by atoms with Crippen molar-refractivity contribution >= 4 is 11.9 Å². The van der Waals surface area contributed by atoms with Crippen molar-refractivity contribution in [1.29, 1.82) is 0 Å². The van der Waals surface area contributed by atoms with E-state index in [4.69, 9.17) is 4.74 Å². The van der Waals surface area contributed by atoms with Crippen molar-refractivity contribution in [3.63, 3.8) is 0 Å². The highest BCUT2D eigenvalue weighted by Gasteiger charge is 2.88. The minimum Gasteiger partial charge on any atom is -0.450 e. The Morgan fingerprint density at radius 2 is 1.69 bits per heavy atom. The van der Waals surface area contributed by atoms with Crippen molar-refractivity contribution in [3.8, 4) is 0 Å². The first kappa shape index (κ1) is 19.1. The summed E-state index contributed by atoms with van der Waals surface area (Å²) in [7, 11) is 0. The van der Waals surface area contributed by atoms with E-state index in [9.17, 15) is 22.8 Å². The van der Waals surface area contributed by atoms with Gasteiger partial charge in [0.25, 0.3) is 0 Å². The molecule has 3 aliphatic rings. The van der Waals surface area contributed by atoms with E-state index in [-0.39, 0.29) is 12.3 Å². The van der Waals surface area contributed by atoms with Gasteiger partial charge < -0.3 is 14.2 Å². The third-order valence-electron chi connectivity index (χ3n) is 5.30. The molecule has 2 aliphatic carbocycles. The summed E-state index contributed by atoms with van der Waals surface area (Å²) >= 11 is 0. The average molecular weight is 384 g/mol. The highest BCUT2D eigenvalue weighted by atomic mass is 19.4. The number of alkyl halides is 5. The van der Waals surface area contributed by atoms with Gasteiger partial charge in [0.05, 0.1) is 6.61 Å². The van der Waals surface area contributed by atoms with Crippen molar-refractivity contribution in [2.45, 2.75) is 50.2 Å². The summed E-state index contributed by atoms with van der Waals surface area (Å²) in [6.07, 6.45) is -1.69. The quantitative estimate of drug-likeness (QED) is 0.425. The zero-order valence-corrected chi connectivity index (χ0v) is 13.9. The second kappa shape index (κ2) is 5.64. The van der Waals surface area contributed by atoms with E-state index in [1.807, 2.05) is 0 Å². The molecule has 3 rings (SSSR count). The van der Waals surface area contributed by atoms with Gasteiger partial charge in [-0.1, -0.05) is 12.2 Å². The molecule has 0 N–H and O–H groups in total. The number of carbonyl (C=O) groups is 2. The Balaban J connectivity index is 2.12. The van der Waals surface area contributed by atoms with Crippen molar-refractivity contribution in [1.82, 2.24) is 0 Å². The fourth-order valence-corrected chi connectivity index (χ4v) is 4.36. The maximum absolute atomic E-state index is 15.4. The Bertz CT molecular complexity index is 660. The van der Waals surface area contributed by atoms with E-state index in [0.29, 0.717) is 13.3 Å². The summed E-state index contributed by atoms with van der Waals surface area (Å²) in [6.45, 7) is 0.174. The number of hydrogen-bond acceptors (Lipinski definition) is 5. The van der Waals surface area contributed by atoms with Gasteiger partial charge in [-0.2, -0.15) is 22.0 Å². The van der Waals surface area contributed by atoms with Gasteiger partial charge in [-0.05, 0) is 24.7 Å². The van der Waals surface area contributed by atoms with Crippen LogP contribution in [0.3, 0.4) is 0 Å². The maximum Gasteiger partial charge on any atom is 0.462 e. The lowest BCUT2D eigenvalue weighted by Gasteiger charge is -2.43. The Kier molecular flexibility index (Phi) is 4.14. The molecule has 0 aromatic rings. The molecule has 1 heterocycles. The SMILES string of the molecule is CC(=O)OC1(C2CC3C=CC2C3)COC(OC(C)=O)(C(F)(F)F)C1(F)F. The van der Waals surface area contributed by atoms with Crippen LogP contribution in [-0.2, 0) is 23.8 Å². The van der Waals surface area contributed by atoms with Gasteiger partial charge in [-0.25, -0.2) is 0 Å². The topological polar surface area (TPSA) is 61.8 Å². The molecule has 0 aromatic carbocycles. The van der Waals surface area contributed by atoms with Crippen LogP contribution in [0.4, 0.5) is 22.0 Å². The molecule has 5 nitrogen and oxygen atoms in total. The largest absolute Gasteiger partial charge is 0.462 e. The smallest absolute Gasteiger partial charge is 0.450 e. The lowest BCUT2D eigenvalue weighted by Crippen LogP contribution is -2.68. The van der Waals surface area contributed by atoms with Crippen LogP contribution in [-0.4, -0.2) is 42.0 Å². The van der Waals surface area contributed by atoms with Crippen LogP contribution in [0, 0.1) is 17.8 Å². The molecular formula is C16H17F5O5. The molecule has 0 radical (unpaired) electrons. The molecule has 1 saturated heterocycles. The number of hydrogen-bond donors (Lipinski definition) is 0. The Morgan fingerprint density at radius 1 is 1.08 bits per heavy atom. The minimum absolute atomic E-state index is 0.0807. The number of allylic oxidation sites excluding steroid dienone is 2. The molecule has 1 aliphatic heterocycles. The molecule has 1 saturated carbocycles. The Hall–Kier alpha value is -1.71. The highest BCUT2D eigenvalue weighted by Crippen LogP contribution is 2.63. The molecule has 0 aromatic heterocycles. The van der Waals surface area contributed by atoms with Gasteiger partial charge >= 0.3 is 29.8 Å². The maximum atomic E-state index is 15.4. The minimum atomic E-state index is -5.74. The van der Waals surface area contributed by atoms with Crippen LogP contribution in [0.1, 0.15) is 26.7 Å². The fourth-order valence-electron chi connectivity index (χ4n) is 4.36. The van der Waals surface area contributed by atoms with E-state index >= 15 is 8.78 Å². The standard InChI is InChI=1S/C16H17F5O5/c1-8(22)25-13(12-6-10-3-4-11(12)5-10)7-24-15(14(13,17)18,16(19,20)21)26-9(2)23/h3-4,10-12H,5-7H2,1-2H3. The molecule has 26 heavy (non-hydrogen) atoms. The van der Waals surface area contributed by atoms with E-state index in [1.165, 1.54) is 0 Å². The zero-order valence-electron chi connectivity index (χ0n) is 13.9. The third kappa shape index (κ3) is 2.37. The van der Waals surface area contributed by atoms with Gasteiger partial charge in [0.1, 0.15) is 0 Å². The molecule has 10 heteroatoms. The number of esters is 2. The first-order valence-electron chi connectivity index (χ1n) is 8.02. The molecule has 146 valence electrons. The molecule has 2 bridgehead atoms. The average Bonchev–Trinajstić information content (AvgIpc) is 3.14. The van der Waals surface area contributed by atoms with Crippen LogP contribution >= 0.6 is 0 Å². The summed E-state index contributed by atoms with van der Waals surface area (Å²) in [6, 6.07) is 0. The van der Waals surface area contributed by atoms with E-state index < -0.39 is 53.9 Å². The van der Waals surface area contributed by atoms with Crippen LogP contribution in [0.25, 0.3) is 0 Å². The van der Waals surface area contributed by atoms with Crippen molar-refractivity contribution in [2.24, 2.45) is 17.8 Å². The lowest BCUT2D eigenvalue weighted by atomic mass is 9.74. The van der Waals surface area contributed by atoms with Crippen LogP contribution in [0.15, 0.2) is 12.2 Å². The number of halogens is 5. The second-order valence-electron chi connectivity index (χ2n) is 6.94. The van der Waals surface area contributed by atoms with Crippen molar-refractivity contribution in [2.75, 3.05) is 6.61 Å². The van der Waals surface area contributed by atoms with Crippen molar-refractivity contribution in [3.05, 3.63) is 12.2 Å². The number of rotatable bonds is 3. The Morgan fingerprint density at radius 3 is 2.12 bits per heavy atom. The summed E-state index contributed by atoms with van der Waals surface area (Å²) in [4.78, 5) is 22.7. The van der Waals surface area contributed by atoms with Crippen LogP contribution in [0.5, 0.6) is 0 Å². The van der Waals surface area contributed by atoms with Crippen LogP contribution < -0.4 is 0 Å². The van der Waals surface area contributed by atoms with Gasteiger partial charge in [0.2, 0.25) is 5.60 Å². The van der Waals surface area contributed by atoms with Gasteiger partial charge in [0.15, 0.2) is 0 Å². The van der Waals surface area contributed by atoms with E-state index in [0.717, 1.165) is 6.92 Å². The summed E-state index contributed by atoms with van der Waals surface area (Å²) < 4.78 is 84.8. The monoisotopic (exact) mass is 384 g/mol. The zero-order chi connectivity index (χ0) is 19.5. The molecule has 0 spiro atoms. The number of fused-ring (bicyclic) bond motifs is 2. The Labute approximate surface area is 145 Å². The van der Waals surface area contributed by atoms with E-state index in [1.54, 1.807) is 12.2 Å². The van der Waals surface area contributed by atoms with Gasteiger partial charge in [-0.3, -0.25) is 9.59 Å². The lowest BCUT2D eigenvalue weighted by molar-refractivity contribution is -0.411. The second-order valence-corrected chi connectivity index (χ2v) is 6.94. The third-order valence-corrected chi connectivity index (χ3v) is 5.30. The first-order chi connectivity index (χ1) is 11.9. The summed E-state index contributed by atoms with van der Waals surface area (Å²) in [5, 5.41) is 0. The number of ether oxygens (including phenoxy) is 3. The molecule has 2 fully saturated rings. The predicted octanol–water partition coefficient (Wildman–Crippen LogP) is 2.99. The number of carbonyl (C=O) groups excluding carboxylic acids is 2. The summed E-state index contributed by atoms with van der Waals surface area (Å²) in [5.41, 5.74) is -2.88. The molecule has 0 amide bonds. The predicted molar refractivity (Wildman–Crippen MR) is 74.8 cm³/mol. The normalized spacial score (nSPS) is 40.7. The molecular weight excluding hydrogens is 367 g/mol. The van der Waals surface area contributed by atoms with Gasteiger partial charge in [-0.15, -0.1) is 0 Å². The van der Waals surface area contributed by atoms with Gasteiger partial charge in [0, 0.05) is 19.8 Å². The van der Waals surface area contributed by atoms with Crippen LogP contribution in [0.2, 0.25) is 0 Å². The summed E-state index contributed by atoms with van der Waals surface area (Å²) in [5.74, 6) is -13.7. The highest BCUT2D eigenvalue weighted by molar-refractivity contribution is 5.68. The van der Waals surface area contributed by atoms with Crippen molar-refractivity contribution < 1.29 is 45.8 Å². The first-order valence-corrected chi connectivity index (χ1v) is 8.02.